The average molecular weight is 474 g/mol. The van der Waals surface area contributed by atoms with Crippen LogP contribution in [0, 0.1) is 0 Å². The second-order valence-electron chi connectivity index (χ2n) is 9.38. The molecule has 0 atom stereocenters. The third-order valence-electron chi connectivity index (χ3n) is 6.51. The molecule has 0 spiro atoms. The summed E-state index contributed by atoms with van der Waals surface area (Å²) in [6, 6.07) is 10.3. The highest BCUT2D eigenvalue weighted by Crippen LogP contribution is 2.25. The van der Waals surface area contributed by atoms with Crippen molar-refractivity contribution in [3.05, 3.63) is 80.6 Å². The number of hydrogen-bond acceptors (Lipinski definition) is 7. The second kappa shape index (κ2) is 10.2. The molecule has 6 nitrogen and oxygen atoms in total. The molecule has 0 saturated carbocycles. The van der Waals surface area contributed by atoms with Gasteiger partial charge in [0.1, 0.15) is 5.01 Å². The van der Waals surface area contributed by atoms with Gasteiger partial charge in [-0.3, -0.25) is 14.7 Å². The maximum atomic E-state index is 12.8. The quantitative estimate of drug-likeness (QED) is 0.493. The zero-order valence-corrected chi connectivity index (χ0v) is 20.7. The third-order valence-corrected chi connectivity index (χ3v) is 7.51. The standard InChI is InChI=1S/C27H31N5OS/c1-19-11-22-13-23(15-29-25(22)12-19)28-17-27-30-16-24(34-27)14-26(33)21-5-3-20(4-6-21)18-32-9-7-31(2)8-10-32/h3-6,11,13,15-16,28H,7-10,12,14,17-18H2,1-2H3. The molecule has 1 aliphatic carbocycles. The maximum absolute atomic E-state index is 12.8. The van der Waals surface area contributed by atoms with E-state index in [0.717, 1.165) is 66.0 Å². The van der Waals surface area contributed by atoms with Gasteiger partial charge in [0, 0.05) is 62.2 Å². The average Bonchev–Trinajstić information content (AvgIpc) is 3.44. The van der Waals surface area contributed by atoms with Gasteiger partial charge in [0.15, 0.2) is 5.78 Å². The summed E-state index contributed by atoms with van der Waals surface area (Å²) in [6.45, 7) is 8.13. The van der Waals surface area contributed by atoms with Crippen LogP contribution in [0.1, 0.15) is 44.0 Å². The lowest BCUT2D eigenvalue weighted by Crippen LogP contribution is -2.43. The first-order valence-corrected chi connectivity index (χ1v) is 12.7. The maximum Gasteiger partial charge on any atom is 0.168 e. The number of Topliss-reactive ketones (excluding diaryl/α,β-unsaturated/α-hetero) is 1. The predicted molar refractivity (Wildman–Crippen MR) is 138 cm³/mol. The fourth-order valence-electron chi connectivity index (χ4n) is 4.47. The summed E-state index contributed by atoms with van der Waals surface area (Å²) in [5.41, 5.74) is 6.71. The number of ketones is 1. The monoisotopic (exact) mass is 473 g/mol. The normalized spacial score (nSPS) is 16.4. The van der Waals surface area contributed by atoms with Gasteiger partial charge in [-0.1, -0.05) is 35.9 Å². The van der Waals surface area contributed by atoms with Crippen LogP contribution in [0.25, 0.3) is 6.08 Å². The van der Waals surface area contributed by atoms with Crippen LogP contribution in [-0.4, -0.2) is 58.8 Å². The van der Waals surface area contributed by atoms with Crippen molar-refractivity contribution in [1.82, 2.24) is 19.8 Å². The number of carbonyl (C=O) groups excluding carboxylic acids is 1. The third kappa shape index (κ3) is 5.60. The summed E-state index contributed by atoms with van der Waals surface area (Å²) < 4.78 is 0. The summed E-state index contributed by atoms with van der Waals surface area (Å²) in [4.78, 5) is 27.7. The number of nitrogens with zero attached hydrogens (tertiary/aromatic N) is 4. The summed E-state index contributed by atoms with van der Waals surface area (Å²) in [5, 5.41) is 4.38. The van der Waals surface area contributed by atoms with Gasteiger partial charge in [0.2, 0.25) is 0 Å². The smallest absolute Gasteiger partial charge is 0.168 e. The fraction of sp³-hybridized carbons (Fsp3) is 0.370. The first-order chi connectivity index (χ1) is 16.5. The molecule has 0 bridgehead atoms. The van der Waals surface area contributed by atoms with Crippen molar-refractivity contribution < 1.29 is 4.79 Å². The molecule has 2 aromatic heterocycles. The molecule has 34 heavy (non-hydrogen) atoms. The lowest BCUT2D eigenvalue weighted by molar-refractivity contribution is 0.0993. The number of anilines is 1. The number of pyridine rings is 1. The molecular formula is C27H31N5OS. The highest BCUT2D eigenvalue weighted by Gasteiger charge is 2.15. The SMILES string of the molecule is CC1=Cc2cc(NCc3ncc(CC(=O)c4ccc(CN5CCN(C)CC5)cc4)s3)cnc2C1. The zero-order valence-electron chi connectivity index (χ0n) is 19.9. The van der Waals surface area contributed by atoms with E-state index in [1.54, 1.807) is 11.3 Å². The van der Waals surface area contributed by atoms with Crippen LogP contribution in [0.15, 0.2) is 48.3 Å². The number of thiazole rings is 1. The largest absolute Gasteiger partial charge is 0.377 e. The predicted octanol–water partition coefficient (Wildman–Crippen LogP) is 4.28. The van der Waals surface area contributed by atoms with Crippen molar-refractivity contribution in [1.29, 1.82) is 0 Å². The summed E-state index contributed by atoms with van der Waals surface area (Å²) >= 11 is 1.59. The number of carbonyl (C=O) groups is 1. The van der Waals surface area contributed by atoms with Crippen molar-refractivity contribution in [3.8, 4) is 0 Å². The number of allylic oxidation sites excluding steroid dienone is 1. The zero-order chi connectivity index (χ0) is 23.5. The fourth-order valence-corrected chi connectivity index (χ4v) is 5.33. The lowest BCUT2D eigenvalue weighted by Gasteiger charge is -2.32. The Morgan fingerprint density at radius 3 is 2.68 bits per heavy atom. The topological polar surface area (TPSA) is 61.4 Å². The Kier molecular flexibility index (Phi) is 6.85. The number of aromatic nitrogens is 2. The minimum Gasteiger partial charge on any atom is -0.377 e. The Morgan fingerprint density at radius 2 is 1.88 bits per heavy atom. The first kappa shape index (κ1) is 22.9. The Labute approximate surface area is 205 Å². The number of fused-ring (bicyclic) bond motifs is 1. The van der Waals surface area contributed by atoms with Gasteiger partial charge in [-0.25, -0.2) is 4.98 Å². The molecule has 7 heteroatoms. The molecule has 1 aromatic carbocycles. The van der Waals surface area contributed by atoms with Gasteiger partial charge in [-0.05, 0) is 31.2 Å². The van der Waals surface area contributed by atoms with E-state index in [9.17, 15) is 4.79 Å². The van der Waals surface area contributed by atoms with Gasteiger partial charge < -0.3 is 10.2 Å². The van der Waals surface area contributed by atoms with E-state index in [1.165, 1.54) is 16.7 Å². The first-order valence-electron chi connectivity index (χ1n) is 11.9. The number of likely N-dealkylation sites (N-methyl/N-ethyl adjacent to an activating group) is 1. The Hall–Kier alpha value is -2.87. The molecule has 1 saturated heterocycles. The van der Waals surface area contributed by atoms with Crippen LogP contribution < -0.4 is 5.32 Å². The molecule has 0 radical (unpaired) electrons. The van der Waals surface area contributed by atoms with Gasteiger partial charge in [-0.15, -0.1) is 11.3 Å². The number of piperazine rings is 1. The van der Waals surface area contributed by atoms with Gasteiger partial charge >= 0.3 is 0 Å². The molecule has 1 aliphatic heterocycles. The van der Waals surface area contributed by atoms with Crippen molar-refractivity contribution in [3.63, 3.8) is 0 Å². The van der Waals surface area contributed by atoms with Crippen LogP contribution in [0.5, 0.6) is 0 Å². The molecular weight excluding hydrogens is 442 g/mol. The highest BCUT2D eigenvalue weighted by atomic mass is 32.1. The van der Waals surface area contributed by atoms with Crippen molar-refractivity contribution >= 4 is 28.9 Å². The Balaban J connectivity index is 1.12. The minimum absolute atomic E-state index is 0.138. The van der Waals surface area contributed by atoms with E-state index in [1.807, 2.05) is 24.5 Å². The van der Waals surface area contributed by atoms with Gasteiger partial charge in [0.05, 0.1) is 24.1 Å². The van der Waals surface area contributed by atoms with Gasteiger partial charge in [-0.2, -0.15) is 0 Å². The van der Waals surface area contributed by atoms with Crippen LogP contribution in [0.2, 0.25) is 0 Å². The number of hydrogen-bond donors (Lipinski definition) is 1. The molecule has 2 aliphatic rings. The summed E-state index contributed by atoms with van der Waals surface area (Å²) in [5.74, 6) is 0.138. The van der Waals surface area contributed by atoms with E-state index < -0.39 is 0 Å². The van der Waals surface area contributed by atoms with Crippen molar-refractivity contribution in [2.24, 2.45) is 0 Å². The minimum atomic E-state index is 0.138. The number of rotatable bonds is 8. The van der Waals surface area contributed by atoms with Crippen LogP contribution >= 0.6 is 11.3 Å². The molecule has 3 aromatic rings. The molecule has 176 valence electrons. The van der Waals surface area contributed by atoms with E-state index in [4.69, 9.17) is 0 Å². The molecule has 3 heterocycles. The second-order valence-corrected chi connectivity index (χ2v) is 10.6. The molecule has 0 unspecified atom stereocenters. The van der Waals surface area contributed by atoms with Gasteiger partial charge in [0.25, 0.3) is 0 Å². The van der Waals surface area contributed by atoms with E-state index in [2.05, 4.69) is 63.3 Å². The molecule has 5 rings (SSSR count). The van der Waals surface area contributed by atoms with E-state index >= 15 is 0 Å². The Morgan fingerprint density at radius 1 is 1.09 bits per heavy atom. The molecule has 1 N–H and O–H groups in total. The molecule has 0 amide bonds. The van der Waals surface area contributed by atoms with E-state index in [-0.39, 0.29) is 5.78 Å². The number of benzene rings is 1. The van der Waals surface area contributed by atoms with Crippen molar-refractivity contribution in [2.75, 3.05) is 38.5 Å². The Bertz CT molecular complexity index is 1190. The molecule has 1 fully saturated rings. The van der Waals surface area contributed by atoms with Crippen LogP contribution in [0.3, 0.4) is 0 Å². The lowest BCUT2D eigenvalue weighted by atomic mass is 10.1. The van der Waals surface area contributed by atoms with E-state index in [0.29, 0.717) is 13.0 Å². The van der Waals surface area contributed by atoms with Crippen LogP contribution in [-0.2, 0) is 25.9 Å². The van der Waals surface area contributed by atoms with Crippen LogP contribution in [0.4, 0.5) is 5.69 Å². The highest BCUT2D eigenvalue weighted by molar-refractivity contribution is 7.11. The number of nitrogens with one attached hydrogen (secondary N) is 1. The summed E-state index contributed by atoms with van der Waals surface area (Å²) in [6.07, 6.45) is 7.24. The van der Waals surface area contributed by atoms with Crippen molar-refractivity contribution in [2.45, 2.75) is 32.9 Å². The summed E-state index contributed by atoms with van der Waals surface area (Å²) in [7, 11) is 2.17.